The van der Waals surface area contributed by atoms with E-state index < -0.39 is 0 Å². The van der Waals surface area contributed by atoms with Crippen LogP contribution in [0.25, 0.3) is 11.4 Å². The van der Waals surface area contributed by atoms with Crippen molar-refractivity contribution in [2.45, 2.75) is 19.5 Å². The van der Waals surface area contributed by atoms with Crippen molar-refractivity contribution < 1.29 is 0 Å². The number of hydrogen-bond acceptors (Lipinski definition) is 5. The van der Waals surface area contributed by atoms with E-state index in [1.165, 1.54) is 6.33 Å². The molecule has 1 aliphatic rings. The molecule has 3 heterocycles. The van der Waals surface area contributed by atoms with Gasteiger partial charge in [0.05, 0.1) is 21.3 Å². The molecule has 0 unspecified atom stereocenters. The van der Waals surface area contributed by atoms with E-state index >= 15 is 0 Å². The maximum atomic E-state index is 6.11. The summed E-state index contributed by atoms with van der Waals surface area (Å²) in [6, 6.07) is 5.78. The first-order valence-corrected chi connectivity index (χ1v) is 8.71. The second-order valence-electron chi connectivity index (χ2n) is 6.00. The van der Waals surface area contributed by atoms with Crippen LogP contribution < -0.4 is 0 Å². The molecule has 126 valence electrons. The molecule has 7 heteroatoms. The lowest BCUT2D eigenvalue weighted by Gasteiger charge is -2.28. The summed E-state index contributed by atoms with van der Waals surface area (Å²) in [4.78, 5) is 19.6. The molecule has 3 aromatic rings. The van der Waals surface area contributed by atoms with E-state index in [2.05, 4.69) is 19.9 Å². The van der Waals surface area contributed by atoms with Gasteiger partial charge in [0.1, 0.15) is 6.33 Å². The van der Waals surface area contributed by atoms with Gasteiger partial charge in [0.25, 0.3) is 0 Å². The van der Waals surface area contributed by atoms with Crippen molar-refractivity contribution in [3.05, 3.63) is 70.0 Å². The standard InChI is InChI=1S/C18H15Cl2N5/c19-15-2-1-12(5-16(15)20)9-25-4-3-17-14(10-25)8-23-18(24-17)13-6-21-11-22-7-13/h1-2,5-8,11H,3-4,9-10H2. The molecular formula is C18H15Cl2N5. The topological polar surface area (TPSA) is 54.8 Å². The Kier molecular flexibility index (Phi) is 4.61. The van der Waals surface area contributed by atoms with Crippen LogP contribution in [-0.2, 0) is 19.5 Å². The van der Waals surface area contributed by atoms with Gasteiger partial charge in [-0.2, -0.15) is 0 Å². The Labute approximate surface area is 155 Å². The van der Waals surface area contributed by atoms with Crippen LogP contribution in [0.5, 0.6) is 0 Å². The lowest BCUT2D eigenvalue weighted by atomic mass is 10.1. The Balaban J connectivity index is 1.51. The molecule has 0 saturated carbocycles. The molecule has 0 aliphatic carbocycles. The van der Waals surface area contributed by atoms with Crippen LogP contribution in [0, 0.1) is 0 Å². The van der Waals surface area contributed by atoms with Crippen LogP contribution in [0.1, 0.15) is 16.8 Å². The molecule has 5 nitrogen and oxygen atoms in total. The third kappa shape index (κ3) is 3.63. The molecule has 2 aromatic heterocycles. The molecule has 0 spiro atoms. The lowest BCUT2D eigenvalue weighted by Crippen LogP contribution is -2.31. The summed E-state index contributed by atoms with van der Waals surface area (Å²) < 4.78 is 0. The molecular weight excluding hydrogens is 357 g/mol. The predicted octanol–water partition coefficient (Wildman–Crippen LogP) is 3.80. The summed E-state index contributed by atoms with van der Waals surface area (Å²) in [6.45, 7) is 2.58. The second-order valence-corrected chi connectivity index (χ2v) is 6.82. The van der Waals surface area contributed by atoms with Crippen molar-refractivity contribution in [3.8, 4) is 11.4 Å². The van der Waals surface area contributed by atoms with Gasteiger partial charge in [0.2, 0.25) is 0 Å². The molecule has 1 aromatic carbocycles. The van der Waals surface area contributed by atoms with E-state index in [0.29, 0.717) is 15.9 Å². The monoisotopic (exact) mass is 371 g/mol. The van der Waals surface area contributed by atoms with Gasteiger partial charge in [-0.3, -0.25) is 4.90 Å². The minimum absolute atomic E-state index is 0.584. The summed E-state index contributed by atoms with van der Waals surface area (Å²) in [5.41, 5.74) is 4.24. The summed E-state index contributed by atoms with van der Waals surface area (Å²) in [5.74, 6) is 0.678. The largest absolute Gasteiger partial charge is 0.294 e. The van der Waals surface area contributed by atoms with Gasteiger partial charge in [0.15, 0.2) is 5.82 Å². The van der Waals surface area contributed by atoms with E-state index in [-0.39, 0.29) is 0 Å². The molecule has 0 atom stereocenters. The average molecular weight is 372 g/mol. The van der Waals surface area contributed by atoms with Crippen molar-refractivity contribution in [1.82, 2.24) is 24.8 Å². The van der Waals surface area contributed by atoms with Crippen molar-refractivity contribution in [2.24, 2.45) is 0 Å². The zero-order chi connectivity index (χ0) is 17.2. The first-order chi connectivity index (χ1) is 12.2. The zero-order valence-electron chi connectivity index (χ0n) is 13.4. The first-order valence-electron chi connectivity index (χ1n) is 7.95. The molecule has 0 saturated heterocycles. The summed E-state index contributed by atoms with van der Waals surface area (Å²) in [5, 5.41) is 1.18. The maximum Gasteiger partial charge on any atom is 0.162 e. The Morgan fingerprint density at radius 2 is 1.88 bits per heavy atom. The Morgan fingerprint density at radius 1 is 1.04 bits per heavy atom. The van der Waals surface area contributed by atoms with E-state index in [1.54, 1.807) is 12.4 Å². The van der Waals surface area contributed by atoms with Crippen LogP contribution in [0.2, 0.25) is 10.0 Å². The number of fused-ring (bicyclic) bond motifs is 1. The fourth-order valence-corrected chi connectivity index (χ4v) is 3.28. The number of hydrogen-bond donors (Lipinski definition) is 0. The number of rotatable bonds is 3. The van der Waals surface area contributed by atoms with Crippen molar-refractivity contribution in [2.75, 3.05) is 6.54 Å². The minimum atomic E-state index is 0.584. The van der Waals surface area contributed by atoms with Crippen molar-refractivity contribution in [1.29, 1.82) is 0 Å². The van der Waals surface area contributed by atoms with Gasteiger partial charge < -0.3 is 0 Å². The van der Waals surface area contributed by atoms with Gasteiger partial charge in [0, 0.05) is 50.2 Å². The third-order valence-corrected chi connectivity index (χ3v) is 4.96. The predicted molar refractivity (Wildman–Crippen MR) is 97.3 cm³/mol. The highest BCUT2D eigenvalue weighted by atomic mass is 35.5. The summed E-state index contributed by atoms with van der Waals surface area (Å²) in [7, 11) is 0. The smallest absolute Gasteiger partial charge is 0.162 e. The van der Waals surface area contributed by atoms with Gasteiger partial charge in [-0.1, -0.05) is 29.3 Å². The molecule has 25 heavy (non-hydrogen) atoms. The molecule has 0 bridgehead atoms. The molecule has 0 N–H and O–H groups in total. The van der Waals surface area contributed by atoms with Gasteiger partial charge in [-0.25, -0.2) is 19.9 Å². The molecule has 0 radical (unpaired) electrons. The van der Waals surface area contributed by atoms with E-state index in [1.807, 2.05) is 24.4 Å². The fraction of sp³-hybridized carbons (Fsp3) is 0.222. The van der Waals surface area contributed by atoms with Crippen LogP contribution in [-0.4, -0.2) is 31.4 Å². The van der Waals surface area contributed by atoms with Crippen LogP contribution >= 0.6 is 23.2 Å². The lowest BCUT2D eigenvalue weighted by molar-refractivity contribution is 0.243. The molecule has 1 aliphatic heterocycles. The van der Waals surface area contributed by atoms with Gasteiger partial charge in [-0.05, 0) is 17.7 Å². The van der Waals surface area contributed by atoms with E-state index in [4.69, 9.17) is 28.2 Å². The Morgan fingerprint density at radius 3 is 2.68 bits per heavy atom. The minimum Gasteiger partial charge on any atom is -0.294 e. The third-order valence-electron chi connectivity index (χ3n) is 4.22. The van der Waals surface area contributed by atoms with Crippen molar-refractivity contribution >= 4 is 23.2 Å². The van der Waals surface area contributed by atoms with E-state index in [0.717, 1.165) is 48.4 Å². The number of halogens is 2. The molecule has 4 rings (SSSR count). The van der Waals surface area contributed by atoms with Crippen LogP contribution in [0.4, 0.5) is 0 Å². The van der Waals surface area contributed by atoms with E-state index in [9.17, 15) is 0 Å². The summed E-state index contributed by atoms with van der Waals surface area (Å²) in [6.07, 6.45) is 7.76. The van der Waals surface area contributed by atoms with Crippen LogP contribution in [0.15, 0.2) is 43.1 Å². The molecule has 0 fully saturated rings. The van der Waals surface area contributed by atoms with Gasteiger partial charge >= 0.3 is 0 Å². The normalized spacial score (nSPS) is 14.3. The maximum absolute atomic E-state index is 6.11. The molecule has 0 amide bonds. The average Bonchev–Trinajstić information content (AvgIpc) is 2.65. The summed E-state index contributed by atoms with van der Waals surface area (Å²) >= 11 is 12.1. The van der Waals surface area contributed by atoms with Crippen molar-refractivity contribution in [3.63, 3.8) is 0 Å². The SMILES string of the molecule is Clc1ccc(CN2CCc3nc(-c4cncnc4)ncc3C2)cc1Cl. The Bertz CT molecular complexity index is 901. The second kappa shape index (κ2) is 7.04. The number of aromatic nitrogens is 4. The first kappa shape index (κ1) is 16.4. The number of nitrogens with zero attached hydrogens (tertiary/aromatic N) is 5. The Hall–Kier alpha value is -2.08. The highest BCUT2D eigenvalue weighted by Crippen LogP contribution is 2.25. The highest BCUT2D eigenvalue weighted by molar-refractivity contribution is 6.42. The highest BCUT2D eigenvalue weighted by Gasteiger charge is 2.19. The van der Waals surface area contributed by atoms with Crippen LogP contribution in [0.3, 0.4) is 0 Å². The van der Waals surface area contributed by atoms with Gasteiger partial charge in [-0.15, -0.1) is 0 Å². The zero-order valence-corrected chi connectivity index (χ0v) is 14.9. The quantitative estimate of drug-likeness (QED) is 0.700. The number of benzene rings is 1. The fourth-order valence-electron chi connectivity index (χ4n) is 2.96.